The number of hydrogen-bond acceptors (Lipinski definition) is 5. The third kappa shape index (κ3) is 8.79. The number of unbranched alkanes of at least 4 members (excludes halogenated alkanes) is 1. The average molecular weight is 474 g/mol. The van der Waals surface area contributed by atoms with Gasteiger partial charge in [0.1, 0.15) is 6.04 Å². The quantitative estimate of drug-likeness (QED) is 0.163. The van der Waals surface area contributed by atoms with Crippen molar-refractivity contribution in [2.75, 3.05) is 27.2 Å². The molecule has 2 atom stereocenters. The van der Waals surface area contributed by atoms with E-state index in [1.54, 1.807) is 5.48 Å². The Bertz CT molecular complexity index is 940. The van der Waals surface area contributed by atoms with E-state index in [-0.39, 0.29) is 24.2 Å². The van der Waals surface area contributed by atoms with Gasteiger partial charge < -0.3 is 20.5 Å². The lowest BCUT2D eigenvalue weighted by molar-refractivity contribution is -0.136. The Morgan fingerprint density at radius 3 is 2.50 bits per heavy atom. The highest BCUT2D eigenvalue weighted by atomic mass is 16.5. The van der Waals surface area contributed by atoms with Gasteiger partial charge in [-0.1, -0.05) is 32.0 Å². The summed E-state index contributed by atoms with van der Waals surface area (Å²) in [4.78, 5) is 43.3. The van der Waals surface area contributed by atoms with Gasteiger partial charge in [-0.15, -0.1) is 0 Å². The standard InChI is InChI=1S/C25H39N5O4/c1-17(2)13-18(15-23(31)29-34)24(32)28-22(25(33)26-11-7-8-12-30(3)4)14-19-16-27-21-10-6-5-9-20(19)21/h5-6,9-10,16-18,22,27,34H,7-8,11-15H2,1-4H3,(H,26,33)(H,28,32)(H,29,31)/t18-,22+/m1/s1. The molecule has 0 unspecified atom stereocenters. The molecule has 9 heteroatoms. The number of carbonyl (C=O) groups excluding carboxylic acids is 3. The van der Waals surface area contributed by atoms with Crippen molar-refractivity contribution in [3.63, 3.8) is 0 Å². The lowest BCUT2D eigenvalue weighted by atomic mass is 9.92. The van der Waals surface area contributed by atoms with Gasteiger partial charge in [-0.25, -0.2) is 5.48 Å². The van der Waals surface area contributed by atoms with Gasteiger partial charge in [-0.2, -0.15) is 0 Å². The SMILES string of the molecule is CC(C)C[C@H](CC(=O)NO)C(=O)N[C@@H](Cc1c[nH]c2ccccc12)C(=O)NCCCCN(C)C. The normalized spacial score (nSPS) is 13.1. The number of hydroxylamine groups is 1. The number of aromatic nitrogens is 1. The molecule has 0 radical (unpaired) electrons. The molecule has 188 valence electrons. The van der Waals surface area contributed by atoms with E-state index in [0.29, 0.717) is 19.4 Å². The van der Waals surface area contributed by atoms with Crippen LogP contribution in [0.3, 0.4) is 0 Å². The number of para-hydroxylation sites is 1. The van der Waals surface area contributed by atoms with Gasteiger partial charge in [0.2, 0.25) is 17.7 Å². The average Bonchev–Trinajstić information content (AvgIpc) is 3.20. The summed E-state index contributed by atoms with van der Waals surface area (Å²) in [6.07, 6.45) is 4.29. The largest absolute Gasteiger partial charge is 0.361 e. The molecule has 3 amide bonds. The predicted molar refractivity (Wildman–Crippen MR) is 132 cm³/mol. The minimum absolute atomic E-state index is 0.146. The number of benzene rings is 1. The van der Waals surface area contributed by atoms with Crippen LogP contribution in [0.15, 0.2) is 30.5 Å². The number of carbonyl (C=O) groups is 3. The van der Waals surface area contributed by atoms with Crippen LogP contribution in [-0.2, 0) is 20.8 Å². The fourth-order valence-corrected chi connectivity index (χ4v) is 4.03. The van der Waals surface area contributed by atoms with E-state index in [0.717, 1.165) is 35.9 Å². The van der Waals surface area contributed by atoms with E-state index in [4.69, 9.17) is 5.21 Å². The Morgan fingerprint density at radius 1 is 1.09 bits per heavy atom. The number of rotatable bonds is 14. The van der Waals surface area contributed by atoms with Crippen molar-refractivity contribution in [1.82, 2.24) is 26.0 Å². The molecule has 0 saturated heterocycles. The van der Waals surface area contributed by atoms with Gasteiger partial charge in [-0.3, -0.25) is 19.6 Å². The molecule has 1 heterocycles. The molecular weight excluding hydrogens is 434 g/mol. The lowest BCUT2D eigenvalue weighted by Crippen LogP contribution is -2.50. The summed E-state index contributed by atoms with van der Waals surface area (Å²) in [6.45, 7) is 5.38. The number of nitrogens with zero attached hydrogens (tertiary/aromatic N) is 1. The second kappa shape index (κ2) is 13.7. The van der Waals surface area contributed by atoms with Crippen LogP contribution in [0, 0.1) is 11.8 Å². The summed E-state index contributed by atoms with van der Waals surface area (Å²) in [5.41, 5.74) is 3.49. The minimum atomic E-state index is -0.785. The van der Waals surface area contributed by atoms with E-state index < -0.39 is 17.9 Å². The van der Waals surface area contributed by atoms with Gasteiger partial charge in [0.15, 0.2) is 0 Å². The zero-order valence-corrected chi connectivity index (χ0v) is 20.7. The van der Waals surface area contributed by atoms with Crippen molar-refractivity contribution in [3.05, 3.63) is 36.0 Å². The minimum Gasteiger partial charge on any atom is -0.361 e. The highest BCUT2D eigenvalue weighted by Crippen LogP contribution is 2.20. The molecular formula is C25H39N5O4. The summed E-state index contributed by atoms with van der Waals surface area (Å²) in [5.74, 6) is -1.73. The van der Waals surface area contributed by atoms with Crippen molar-refractivity contribution in [3.8, 4) is 0 Å². The van der Waals surface area contributed by atoms with Crippen molar-refractivity contribution in [2.24, 2.45) is 11.8 Å². The molecule has 34 heavy (non-hydrogen) atoms. The number of H-pyrrole nitrogens is 1. The molecule has 0 aliphatic heterocycles. The van der Waals surface area contributed by atoms with Gasteiger partial charge in [-0.05, 0) is 57.5 Å². The molecule has 1 aromatic heterocycles. The van der Waals surface area contributed by atoms with Crippen molar-refractivity contribution in [2.45, 2.75) is 52.0 Å². The highest BCUT2D eigenvalue weighted by Gasteiger charge is 2.28. The van der Waals surface area contributed by atoms with E-state index in [1.807, 2.05) is 58.4 Å². The van der Waals surface area contributed by atoms with E-state index in [2.05, 4.69) is 20.5 Å². The Hall–Kier alpha value is -2.91. The fraction of sp³-hybridized carbons (Fsp3) is 0.560. The second-order valence-electron chi connectivity index (χ2n) is 9.49. The number of amides is 3. The molecule has 0 saturated carbocycles. The smallest absolute Gasteiger partial charge is 0.244 e. The third-order valence-electron chi connectivity index (χ3n) is 5.75. The van der Waals surface area contributed by atoms with Gasteiger partial charge in [0, 0.05) is 42.4 Å². The number of hydrogen-bond donors (Lipinski definition) is 5. The molecule has 5 N–H and O–H groups in total. The van der Waals surface area contributed by atoms with Crippen molar-refractivity contribution < 1.29 is 19.6 Å². The number of fused-ring (bicyclic) bond motifs is 1. The lowest BCUT2D eigenvalue weighted by Gasteiger charge is -2.23. The highest BCUT2D eigenvalue weighted by molar-refractivity contribution is 5.91. The zero-order valence-electron chi connectivity index (χ0n) is 20.7. The molecule has 1 aromatic carbocycles. The van der Waals surface area contributed by atoms with E-state index in [9.17, 15) is 14.4 Å². The van der Waals surface area contributed by atoms with Gasteiger partial charge in [0.05, 0.1) is 0 Å². The molecule has 0 fully saturated rings. The predicted octanol–water partition coefficient (Wildman–Crippen LogP) is 2.21. The Balaban J connectivity index is 2.15. The molecule has 0 aliphatic rings. The first-order valence-electron chi connectivity index (χ1n) is 11.9. The maximum absolute atomic E-state index is 13.1. The Labute approximate surface area is 201 Å². The van der Waals surface area contributed by atoms with Crippen LogP contribution in [0.4, 0.5) is 0 Å². The van der Waals surface area contributed by atoms with Crippen LogP contribution in [0.2, 0.25) is 0 Å². The molecule has 0 bridgehead atoms. The Kier molecular flexibility index (Phi) is 11.0. The summed E-state index contributed by atoms with van der Waals surface area (Å²) >= 11 is 0. The van der Waals surface area contributed by atoms with Crippen molar-refractivity contribution in [1.29, 1.82) is 0 Å². The first kappa shape index (κ1) is 27.3. The van der Waals surface area contributed by atoms with Crippen LogP contribution in [0.5, 0.6) is 0 Å². The number of aromatic amines is 1. The summed E-state index contributed by atoms with van der Waals surface area (Å²) in [5, 5.41) is 15.7. The second-order valence-corrected chi connectivity index (χ2v) is 9.49. The topological polar surface area (TPSA) is 127 Å². The fourth-order valence-electron chi connectivity index (χ4n) is 4.03. The van der Waals surface area contributed by atoms with Crippen LogP contribution in [0.1, 0.15) is 45.1 Å². The van der Waals surface area contributed by atoms with Crippen LogP contribution >= 0.6 is 0 Å². The summed E-state index contributed by atoms with van der Waals surface area (Å²) < 4.78 is 0. The van der Waals surface area contributed by atoms with Gasteiger partial charge >= 0.3 is 0 Å². The zero-order chi connectivity index (χ0) is 25.1. The maximum atomic E-state index is 13.1. The Morgan fingerprint density at radius 2 is 1.82 bits per heavy atom. The maximum Gasteiger partial charge on any atom is 0.244 e. The van der Waals surface area contributed by atoms with E-state index >= 15 is 0 Å². The van der Waals surface area contributed by atoms with Crippen LogP contribution in [0.25, 0.3) is 10.9 Å². The molecule has 0 aliphatic carbocycles. The number of nitrogens with one attached hydrogen (secondary N) is 4. The third-order valence-corrected chi connectivity index (χ3v) is 5.75. The summed E-state index contributed by atoms with van der Waals surface area (Å²) in [7, 11) is 4.02. The molecule has 0 spiro atoms. The first-order valence-corrected chi connectivity index (χ1v) is 11.9. The molecule has 2 aromatic rings. The molecule has 9 nitrogen and oxygen atoms in total. The van der Waals surface area contributed by atoms with Crippen LogP contribution in [-0.4, -0.2) is 66.0 Å². The van der Waals surface area contributed by atoms with Crippen LogP contribution < -0.4 is 16.1 Å². The van der Waals surface area contributed by atoms with E-state index in [1.165, 1.54) is 0 Å². The molecule has 2 rings (SSSR count). The monoisotopic (exact) mass is 473 g/mol. The van der Waals surface area contributed by atoms with Gasteiger partial charge in [0.25, 0.3) is 0 Å². The first-order chi connectivity index (χ1) is 16.2. The summed E-state index contributed by atoms with van der Waals surface area (Å²) in [6, 6.07) is 7.03. The van der Waals surface area contributed by atoms with Crippen molar-refractivity contribution >= 4 is 28.6 Å².